The second kappa shape index (κ2) is 7.83. The van der Waals surface area contributed by atoms with E-state index in [1.54, 1.807) is 0 Å². The van der Waals surface area contributed by atoms with Gasteiger partial charge in [0, 0.05) is 32.2 Å². The van der Waals surface area contributed by atoms with Crippen molar-refractivity contribution in [1.29, 1.82) is 0 Å². The molecule has 0 N–H and O–H groups in total. The zero-order chi connectivity index (χ0) is 18.7. The molecule has 0 atom stereocenters. The lowest BCUT2D eigenvalue weighted by Crippen LogP contribution is -2.25. The third-order valence-electron chi connectivity index (χ3n) is 5.01. The van der Waals surface area contributed by atoms with Gasteiger partial charge in [-0.3, -0.25) is 9.69 Å². The van der Waals surface area contributed by atoms with Crippen LogP contribution in [0.4, 0.5) is 5.69 Å². The van der Waals surface area contributed by atoms with Gasteiger partial charge < -0.3 is 4.90 Å². The molecule has 136 valence electrons. The highest BCUT2D eigenvalue weighted by Crippen LogP contribution is 2.26. The van der Waals surface area contributed by atoms with Gasteiger partial charge >= 0.3 is 0 Å². The van der Waals surface area contributed by atoms with Gasteiger partial charge in [-0.05, 0) is 55.2 Å². The van der Waals surface area contributed by atoms with Gasteiger partial charge in [-0.2, -0.15) is 0 Å². The number of Topliss-reactive ketones (excluding diaryl/α,β-unsaturated/α-hetero) is 1. The van der Waals surface area contributed by atoms with Crippen molar-refractivity contribution < 1.29 is 4.79 Å². The standard InChI is InChI=1S/C22H27N3O/c1-5-24(4)15-23-21-11-16(2)20(10-17(21)3)22(26)14-25-12-18-8-6-7-9-19(18)13-25/h6-11,15H,5,12-14H2,1-4H3. The summed E-state index contributed by atoms with van der Waals surface area (Å²) >= 11 is 0. The zero-order valence-electron chi connectivity index (χ0n) is 16.1. The highest BCUT2D eigenvalue weighted by molar-refractivity contribution is 5.99. The number of nitrogens with zero attached hydrogens (tertiary/aromatic N) is 3. The number of hydrogen-bond acceptors (Lipinski definition) is 3. The summed E-state index contributed by atoms with van der Waals surface area (Å²) in [6.07, 6.45) is 1.84. The molecule has 1 aliphatic heterocycles. The molecule has 0 saturated heterocycles. The van der Waals surface area contributed by atoms with E-state index in [2.05, 4.69) is 41.1 Å². The number of aliphatic imine (C=N–C) groups is 1. The molecule has 0 saturated carbocycles. The summed E-state index contributed by atoms with van der Waals surface area (Å²) in [6.45, 7) is 9.17. The summed E-state index contributed by atoms with van der Waals surface area (Å²) in [4.78, 5) is 21.6. The highest BCUT2D eigenvalue weighted by Gasteiger charge is 2.22. The lowest BCUT2D eigenvalue weighted by molar-refractivity contribution is 0.0929. The third-order valence-corrected chi connectivity index (χ3v) is 5.01. The molecule has 1 aliphatic rings. The molecule has 26 heavy (non-hydrogen) atoms. The van der Waals surface area contributed by atoms with Crippen molar-refractivity contribution in [1.82, 2.24) is 9.80 Å². The minimum Gasteiger partial charge on any atom is -0.366 e. The molecule has 1 heterocycles. The van der Waals surface area contributed by atoms with Gasteiger partial charge in [0.15, 0.2) is 5.78 Å². The van der Waals surface area contributed by atoms with Crippen LogP contribution in [0.3, 0.4) is 0 Å². The molecular formula is C22H27N3O. The average Bonchev–Trinajstić information content (AvgIpc) is 3.03. The molecule has 4 nitrogen and oxygen atoms in total. The first-order valence-corrected chi connectivity index (χ1v) is 9.16. The smallest absolute Gasteiger partial charge is 0.177 e. The lowest BCUT2D eigenvalue weighted by Gasteiger charge is -2.16. The maximum atomic E-state index is 12.9. The van der Waals surface area contributed by atoms with Crippen molar-refractivity contribution in [3.8, 4) is 0 Å². The number of carbonyl (C=O) groups is 1. The molecule has 2 aromatic carbocycles. The Morgan fingerprint density at radius 2 is 1.81 bits per heavy atom. The van der Waals surface area contributed by atoms with Crippen LogP contribution >= 0.6 is 0 Å². The van der Waals surface area contributed by atoms with Crippen LogP contribution in [0.1, 0.15) is 39.5 Å². The maximum Gasteiger partial charge on any atom is 0.177 e. The summed E-state index contributed by atoms with van der Waals surface area (Å²) in [6, 6.07) is 12.4. The molecule has 0 spiro atoms. The van der Waals surface area contributed by atoms with Crippen molar-refractivity contribution in [3.05, 3.63) is 64.2 Å². The molecule has 2 aromatic rings. The van der Waals surface area contributed by atoms with Crippen LogP contribution in [0.25, 0.3) is 0 Å². The molecule has 0 aliphatic carbocycles. The second-order valence-corrected chi connectivity index (χ2v) is 7.11. The Labute approximate surface area is 156 Å². The van der Waals surface area contributed by atoms with Crippen LogP contribution in [0.5, 0.6) is 0 Å². The monoisotopic (exact) mass is 349 g/mol. The van der Waals surface area contributed by atoms with Crippen LogP contribution in [0.2, 0.25) is 0 Å². The topological polar surface area (TPSA) is 35.9 Å². The van der Waals surface area contributed by atoms with E-state index in [0.717, 1.165) is 42.0 Å². The summed E-state index contributed by atoms with van der Waals surface area (Å²) in [5.41, 5.74) is 6.41. The first kappa shape index (κ1) is 18.3. The number of benzene rings is 2. The second-order valence-electron chi connectivity index (χ2n) is 7.11. The molecule has 0 fully saturated rings. The van der Waals surface area contributed by atoms with Crippen LogP contribution < -0.4 is 0 Å². The normalized spacial score (nSPS) is 14.0. The third kappa shape index (κ3) is 4.02. The summed E-state index contributed by atoms with van der Waals surface area (Å²) < 4.78 is 0. The number of rotatable bonds is 6. The predicted molar refractivity (Wildman–Crippen MR) is 107 cm³/mol. The Morgan fingerprint density at radius 1 is 1.15 bits per heavy atom. The summed E-state index contributed by atoms with van der Waals surface area (Å²) in [5, 5.41) is 0. The Balaban J connectivity index is 1.72. The summed E-state index contributed by atoms with van der Waals surface area (Å²) in [7, 11) is 2.00. The molecule has 0 aromatic heterocycles. The van der Waals surface area contributed by atoms with E-state index in [0.29, 0.717) is 6.54 Å². The minimum absolute atomic E-state index is 0.180. The Bertz CT molecular complexity index is 816. The minimum atomic E-state index is 0.180. The van der Waals surface area contributed by atoms with E-state index in [4.69, 9.17) is 0 Å². The van der Waals surface area contributed by atoms with Crippen molar-refractivity contribution >= 4 is 17.8 Å². The van der Waals surface area contributed by atoms with E-state index in [9.17, 15) is 4.79 Å². The molecule has 0 unspecified atom stereocenters. The van der Waals surface area contributed by atoms with Gasteiger partial charge in [-0.1, -0.05) is 24.3 Å². The van der Waals surface area contributed by atoms with Gasteiger partial charge in [-0.15, -0.1) is 0 Å². The Kier molecular flexibility index (Phi) is 5.52. The van der Waals surface area contributed by atoms with E-state index in [1.807, 2.05) is 44.3 Å². The van der Waals surface area contributed by atoms with E-state index < -0.39 is 0 Å². The number of hydrogen-bond donors (Lipinski definition) is 0. The van der Waals surface area contributed by atoms with Crippen molar-refractivity contribution in [2.24, 2.45) is 4.99 Å². The first-order chi connectivity index (χ1) is 12.5. The van der Waals surface area contributed by atoms with Crippen LogP contribution in [-0.4, -0.2) is 42.1 Å². The van der Waals surface area contributed by atoms with Gasteiger partial charge in [-0.25, -0.2) is 4.99 Å². The van der Waals surface area contributed by atoms with Crippen molar-refractivity contribution in [2.45, 2.75) is 33.9 Å². The number of carbonyl (C=O) groups excluding carboxylic acids is 1. The number of fused-ring (bicyclic) bond motifs is 1. The van der Waals surface area contributed by atoms with Gasteiger partial charge in [0.1, 0.15) is 0 Å². The van der Waals surface area contributed by atoms with Crippen LogP contribution in [0.15, 0.2) is 41.4 Å². The van der Waals surface area contributed by atoms with E-state index in [1.165, 1.54) is 11.1 Å². The van der Waals surface area contributed by atoms with Crippen molar-refractivity contribution in [2.75, 3.05) is 20.1 Å². The Morgan fingerprint density at radius 3 is 2.42 bits per heavy atom. The van der Waals surface area contributed by atoms with E-state index >= 15 is 0 Å². The maximum absolute atomic E-state index is 12.9. The molecule has 0 amide bonds. The number of aryl methyl sites for hydroxylation is 2. The van der Waals surface area contributed by atoms with Gasteiger partial charge in [0.25, 0.3) is 0 Å². The molecule has 4 heteroatoms. The molecular weight excluding hydrogens is 322 g/mol. The van der Waals surface area contributed by atoms with Crippen molar-refractivity contribution in [3.63, 3.8) is 0 Å². The average molecular weight is 349 g/mol. The highest BCUT2D eigenvalue weighted by atomic mass is 16.1. The number of ketones is 1. The Hall–Kier alpha value is -2.46. The fourth-order valence-electron chi connectivity index (χ4n) is 3.29. The van der Waals surface area contributed by atoms with Crippen LogP contribution in [0, 0.1) is 13.8 Å². The van der Waals surface area contributed by atoms with Gasteiger partial charge in [0.2, 0.25) is 0 Å². The molecule has 0 radical (unpaired) electrons. The fourth-order valence-corrected chi connectivity index (χ4v) is 3.29. The largest absolute Gasteiger partial charge is 0.366 e. The zero-order valence-corrected chi connectivity index (χ0v) is 16.1. The quantitative estimate of drug-likeness (QED) is 0.447. The van der Waals surface area contributed by atoms with Crippen LogP contribution in [-0.2, 0) is 13.1 Å². The molecule has 0 bridgehead atoms. The van der Waals surface area contributed by atoms with Gasteiger partial charge in [0.05, 0.1) is 18.6 Å². The predicted octanol–water partition coefficient (Wildman–Crippen LogP) is 4.11. The first-order valence-electron chi connectivity index (χ1n) is 9.16. The van der Waals surface area contributed by atoms with E-state index in [-0.39, 0.29) is 5.78 Å². The fraction of sp³-hybridized carbons (Fsp3) is 0.364. The SMILES string of the molecule is CCN(C)C=Nc1cc(C)c(C(=O)CN2Cc3ccccc3C2)cc1C. The summed E-state index contributed by atoms with van der Waals surface area (Å²) in [5.74, 6) is 0.180. The molecule has 3 rings (SSSR count). The lowest BCUT2D eigenvalue weighted by atomic mass is 10.00.